The van der Waals surface area contributed by atoms with Crippen LogP contribution in [0.3, 0.4) is 0 Å². The molecule has 4 heteroatoms. The van der Waals surface area contributed by atoms with Gasteiger partial charge in [0.15, 0.2) is 0 Å². The Labute approximate surface area is 128 Å². The van der Waals surface area contributed by atoms with Crippen LogP contribution in [0.2, 0.25) is 0 Å². The molecule has 1 amide bonds. The molecular formula is C17H28N2O2. The molecule has 0 saturated heterocycles. The molecule has 0 bridgehead atoms. The first-order chi connectivity index (χ1) is 10.1. The minimum Gasteiger partial charge on any atom is -0.494 e. The van der Waals surface area contributed by atoms with Crippen LogP contribution in [-0.2, 0) is 4.79 Å². The Morgan fingerprint density at radius 2 is 1.81 bits per heavy atom. The van der Waals surface area contributed by atoms with E-state index in [-0.39, 0.29) is 11.9 Å². The highest BCUT2D eigenvalue weighted by molar-refractivity contribution is 5.78. The maximum atomic E-state index is 12.0. The fraction of sp³-hybridized carbons (Fsp3) is 0.588. The normalized spacial score (nSPS) is 12.0. The average Bonchev–Trinajstić information content (AvgIpc) is 2.52. The fourth-order valence-electron chi connectivity index (χ4n) is 2.12. The van der Waals surface area contributed by atoms with Crippen molar-refractivity contribution >= 4 is 5.91 Å². The average molecular weight is 292 g/mol. The Bertz CT molecular complexity index is 413. The van der Waals surface area contributed by atoms with Crippen molar-refractivity contribution in [2.24, 2.45) is 0 Å². The van der Waals surface area contributed by atoms with Crippen LogP contribution in [0.1, 0.15) is 45.7 Å². The number of hydrogen-bond donors (Lipinski definition) is 1. The quantitative estimate of drug-likeness (QED) is 0.761. The highest BCUT2D eigenvalue weighted by Crippen LogP contribution is 2.17. The molecule has 0 aliphatic carbocycles. The highest BCUT2D eigenvalue weighted by Gasteiger charge is 2.11. The van der Waals surface area contributed by atoms with Crippen LogP contribution in [0.15, 0.2) is 24.3 Å². The Morgan fingerprint density at radius 1 is 1.19 bits per heavy atom. The predicted molar refractivity (Wildman–Crippen MR) is 86.6 cm³/mol. The maximum absolute atomic E-state index is 12.0. The van der Waals surface area contributed by atoms with Crippen molar-refractivity contribution in [3.63, 3.8) is 0 Å². The molecule has 0 spiro atoms. The lowest BCUT2D eigenvalue weighted by Gasteiger charge is -2.21. The summed E-state index contributed by atoms with van der Waals surface area (Å²) in [4.78, 5) is 13.8. The van der Waals surface area contributed by atoms with E-state index in [0.717, 1.165) is 37.4 Å². The Balaban J connectivity index is 2.48. The molecule has 21 heavy (non-hydrogen) atoms. The highest BCUT2D eigenvalue weighted by atomic mass is 16.5. The summed E-state index contributed by atoms with van der Waals surface area (Å²) in [7, 11) is 0. The number of likely N-dealkylation sites (N-methyl/N-ethyl adjacent to an activating group) is 1. The largest absolute Gasteiger partial charge is 0.494 e. The number of amides is 1. The third-order valence-electron chi connectivity index (χ3n) is 3.53. The van der Waals surface area contributed by atoms with Gasteiger partial charge in [-0.2, -0.15) is 0 Å². The summed E-state index contributed by atoms with van der Waals surface area (Å²) in [6.07, 6.45) is 1.01. The second-order valence-electron chi connectivity index (χ2n) is 5.09. The zero-order valence-corrected chi connectivity index (χ0v) is 13.7. The predicted octanol–water partition coefficient (Wildman–Crippen LogP) is 2.99. The molecule has 0 radical (unpaired) electrons. The van der Waals surface area contributed by atoms with E-state index in [2.05, 4.69) is 19.2 Å². The molecule has 1 aromatic rings. The van der Waals surface area contributed by atoms with Crippen LogP contribution < -0.4 is 10.1 Å². The Kier molecular flexibility index (Phi) is 7.83. The third-order valence-corrected chi connectivity index (χ3v) is 3.53. The van der Waals surface area contributed by atoms with Crippen molar-refractivity contribution in [2.45, 2.75) is 40.2 Å². The molecule has 0 aliphatic rings. The van der Waals surface area contributed by atoms with E-state index < -0.39 is 0 Å². The molecule has 0 heterocycles. The molecule has 1 N–H and O–H groups in total. The van der Waals surface area contributed by atoms with Gasteiger partial charge in [-0.1, -0.05) is 19.1 Å². The maximum Gasteiger partial charge on any atom is 0.236 e. The topological polar surface area (TPSA) is 41.6 Å². The van der Waals surface area contributed by atoms with Crippen molar-refractivity contribution in [3.05, 3.63) is 29.8 Å². The molecule has 0 fully saturated rings. The molecule has 118 valence electrons. The minimum absolute atomic E-state index is 0.143. The third kappa shape index (κ3) is 5.76. The van der Waals surface area contributed by atoms with Crippen molar-refractivity contribution in [2.75, 3.05) is 26.2 Å². The number of carbonyl (C=O) groups is 1. The molecule has 1 aromatic carbocycles. The van der Waals surface area contributed by atoms with Crippen LogP contribution in [-0.4, -0.2) is 37.0 Å². The van der Waals surface area contributed by atoms with Gasteiger partial charge >= 0.3 is 0 Å². The molecular weight excluding hydrogens is 264 g/mol. The van der Waals surface area contributed by atoms with Gasteiger partial charge in [-0.3, -0.25) is 4.79 Å². The molecule has 1 atom stereocenters. The summed E-state index contributed by atoms with van der Waals surface area (Å²) in [5, 5.41) is 3.28. The van der Waals surface area contributed by atoms with Crippen molar-refractivity contribution < 1.29 is 9.53 Å². The van der Waals surface area contributed by atoms with E-state index in [1.165, 1.54) is 0 Å². The molecule has 0 aromatic heterocycles. The molecule has 4 nitrogen and oxygen atoms in total. The standard InChI is InChI=1S/C17H28N2O2/c1-5-12-21-16-10-8-15(9-11-16)14(4)18-13-17(20)19(6-2)7-3/h8-11,14,18H,5-7,12-13H2,1-4H3. The fourth-order valence-corrected chi connectivity index (χ4v) is 2.12. The minimum atomic E-state index is 0.143. The van der Waals surface area contributed by atoms with E-state index in [9.17, 15) is 4.79 Å². The van der Waals surface area contributed by atoms with Crippen LogP contribution in [0, 0.1) is 0 Å². The smallest absolute Gasteiger partial charge is 0.236 e. The summed E-state index contributed by atoms with van der Waals surface area (Å²) in [5.41, 5.74) is 1.16. The molecule has 0 saturated carbocycles. The van der Waals surface area contributed by atoms with Gasteiger partial charge in [-0.15, -0.1) is 0 Å². The van der Waals surface area contributed by atoms with Gasteiger partial charge in [0, 0.05) is 19.1 Å². The van der Waals surface area contributed by atoms with Gasteiger partial charge in [0.25, 0.3) is 0 Å². The van der Waals surface area contributed by atoms with Crippen LogP contribution in [0.25, 0.3) is 0 Å². The van der Waals surface area contributed by atoms with Crippen molar-refractivity contribution in [3.8, 4) is 5.75 Å². The van der Waals surface area contributed by atoms with Crippen molar-refractivity contribution in [1.29, 1.82) is 0 Å². The zero-order chi connectivity index (χ0) is 15.7. The molecule has 1 rings (SSSR count). The van der Waals surface area contributed by atoms with Crippen LogP contribution in [0.5, 0.6) is 5.75 Å². The van der Waals surface area contributed by atoms with Gasteiger partial charge in [-0.25, -0.2) is 0 Å². The summed E-state index contributed by atoms with van der Waals surface area (Å²) in [6.45, 7) is 10.8. The number of rotatable bonds is 9. The van der Waals surface area contributed by atoms with E-state index >= 15 is 0 Å². The van der Waals surface area contributed by atoms with E-state index in [0.29, 0.717) is 6.54 Å². The van der Waals surface area contributed by atoms with Crippen molar-refractivity contribution in [1.82, 2.24) is 10.2 Å². The van der Waals surface area contributed by atoms with Gasteiger partial charge < -0.3 is 15.0 Å². The first-order valence-corrected chi connectivity index (χ1v) is 7.86. The number of carbonyl (C=O) groups excluding carboxylic acids is 1. The number of hydrogen-bond acceptors (Lipinski definition) is 3. The van der Waals surface area contributed by atoms with E-state index in [1.807, 2.05) is 43.0 Å². The SMILES string of the molecule is CCCOc1ccc(C(C)NCC(=O)N(CC)CC)cc1. The van der Waals surface area contributed by atoms with Gasteiger partial charge in [0.05, 0.1) is 13.2 Å². The molecule has 0 aliphatic heterocycles. The van der Waals surface area contributed by atoms with Crippen LogP contribution in [0.4, 0.5) is 0 Å². The monoisotopic (exact) mass is 292 g/mol. The zero-order valence-electron chi connectivity index (χ0n) is 13.7. The van der Waals surface area contributed by atoms with Crippen LogP contribution >= 0.6 is 0 Å². The number of nitrogens with one attached hydrogen (secondary N) is 1. The summed E-state index contributed by atoms with van der Waals surface area (Å²) < 4.78 is 5.57. The van der Waals surface area contributed by atoms with Gasteiger partial charge in [-0.05, 0) is 44.9 Å². The number of nitrogens with zero attached hydrogens (tertiary/aromatic N) is 1. The van der Waals surface area contributed by atoms with E-state index in [1.54, 1.807) is 0 Å². The first-order valence-electron chi connectivity index (χ1n) is 7.86. The van der Waals surface area contributed by atoms with Gasteiger partial charge in [0.1, 0.15) is 5.75 Å². The summed E-state index contributed by atoms with van der Waals surface area (Å²) in [6, 6.07) is 8.20. The molecule has 1 unspecified atom stereocenters. The number of ether oxygens (including phenoxy) is 1. The van der Waals surface area contributed by atoms with Gasteiger partial charge in [0.2, 0.25) is 5.91 Å². The lowest BCUT2D eigenvalue weighted by Crippen LogP contribution is -2.38. The van der Waals surface area contributed by atoms with E-state index in [4.69, 9.17) is 4.74 Å². The summed E-state index contributed by atoms with van der Waals surface area (Å²) in [5.74, 6) is 1.04. The lowest BCUT2D eigenvalue weighted by atomic mass is 10.1. The second kappa shape index (κ2) is 9.40. The first kappa shape index (κ1) is 17.5. The second-order valence-corrected chi connectivity index (χ2v) is 5.09. The Morgan fingerprint density at radius 3 is 2.33 bits per heavy atom. The summed E-state index contributed by atoms with van der Waals surface area (Å²) >= 11 is 0. The lowest BCUT2D eigenvalue weighted by molar-refractivity contribution is -0.129. The Hall–Kier alpha value is -1.55. The number of benzene rings is 1.